The maximum Gasteiger partial charge on any atom is 0.324 e. The third-order valence-corrected chi connectivity index (χ3v) is 4.43. The minimum atomic E-state index is -0.833. The van der Waals surface area contributed by atoms with E-state index >= 15 is 0 Å². The number of nitrogens with one attached hydrogen (secondary N) is 1. The molecule has 3 N–H and O–H groups in total. The van der Waals surface area contributed by atoms with Gasteiger partial charge in [0.05, 0.1) is 6.54 Å². The van der Waals surface area contributed by atoms with Crippen molar-refractivity contribution < 1.29 is 29.1 Å². The number of phenolic OH excluding ortho intramolecular Hbond substituents is 1. The molecule has 0 spiro atoms. The molecule has 27 heavy (non-hydrogen) atoms. The monoisotopic (exact) mass is 389 g/mol. The van der Waals surface area contributed by atoms with Crippen LogP contribution in [0.15, 0.2) is 48.5 Å². The first-order valence-corrected chi connectivity index (χ1v) is 9.32. The van der Waals surface area contributed by atoms with Gasteiger partial charge in [0.2, 0.25) is 11.8 Å². The Hall–Kier alpha value is -2.60. The van der Waals surface area contributed by atoms with Crippen LogP contribution in [0.5, 0.6) is 5.75 Å². The normalized spacial score (nSPS) is 14.8. The third kappa shape index (κ3) is 4.98. The van der Waals surface area contributed by atoms with Gasteiger partial charge >= 0.3 is 8.69 Å². The van der Waals surface area contributed by atoms with Crippen LogP contribution in [-0.4, -0.2) is 39.9 Å². The SMILES string of the molecule is CC[NH+](CN1C(=O)CCC1=O)c1ccccc1-c1ccccc1O.O=PO. The Morgan fingerprint density at radius 3 is 2.07 bits per heavy atom. The van der Waals surface area contributed by atoms with Crippen molar-refractivity contribution in [1.29, 1.82) is 0 Å². The van der Waals surface area contributed by atoms with Gasteiger partial charge in [0.1, 0.15) is 11.4 Å². The van der Waals surface area contributed by atoms with Crippen LogP contribution in [0, 0.1) is 0 Å². The van der Waals surface area contributed by atoms with E-state index in [2.05, 4.69) is 0 Å². The fourth-order valence-electron chi connectivity index (χ4n) is 3.11. The Morgan fingerprint density at radius 1 is 1.00 bits per heavy atom. The number of hydrogen-bond acceptors (Lipinski definition) is 4. The molecule has 1 aliphatic heterocycles. The number of hydrogen-bond donors (Lipinski definition) is 3. The minimum Gasteiger partial charge on any atom is -0.507 e. The molecular weight excluding hydrogens is 367 g/mol. The smallest absolute Gasteiger partial charge is 0.324 e. The summed E-state index contributed by atoms with van der Waals surface area (Å²) in [7, 11) is -0.833. The summed E-state index contributed by atoms with van der Waals surface area (Å²) >= 11 is 0. The summed E-state index contributed by atoms with van der Waals surface area (Å²) in [6.07, 6.45) is 0.605. The van der Waals surface area contributed by atoms with Gasteiger partial charge in [-0.2, -0.15) is 0 Å². The number of amides is 2. The van der Waals surface area contributed by atoms with Crippen molar-refractivity contribution in [2.75, 3.05) is 13.2 Å². The number of rotatable bonds is 5. The molecule has 1 aliphatic rings. The third-order valence-electron chi connectivity index (χ3n) is 4.43. The molecule has 0 aliphatic carbocycles. The lowest BCUT2D eigenvalue weighted by atomic mass is 10.0. The zero-order chi connectivity index (χ0) is 19.8. The highest BCUT2D eigenvalue weighted by Gasteiger charge is 2.32. The van der Waals surface area contributed by atoms with Gasteiger partial charge < -0.3 is 10.00 Å². The Balaban J connectivity index is 0.000000817. The van der Waals surface area contributed by atoms with E-state index in [1.807, 2.05) is 43.3 Å². The molecule has 0 saturated carbocycles. The van der Waals surface area contributed by atoms with Gasteiger partial charge in [0.15, 0.2) is 6.67 Å². The molecule has 1 unspecified atom stereocenters. The lowest BCUT2D eigenvalue weighted by Crippen LogP contribution is -3.08. The van der Waals surface area contributed by atoms with Gasteiger partial charge in [-0.05, 0) is 25.1 Å². The van der Waals surface area contributed by atoms with Crippen molar-refractivity contribution in [1.82, 2.24) is 4.90 Å². The highest BCUT2D eigenvalue weighted by Crippen LogP contribution is 2.32. The number of imide groups is 1. The molecule has 2 amide bonds. The second kappa shape index (κ2) is 9.92. The van der Waals surface area contributed by atoms with Crippen LogP contribution in [0.2, 0.25) is 0 Å². The zero-order valence-electron chi connectivity index (χ0n) is 15.0. The second-order valence-corrected chi connectivity index (χ2v) is 6.14. The van der Waals surface area contributed by atoms with E-state index in [9.17, 15) is 14.7 Å². The molecule has 1 heterocycles. The predicted molar refractivity (Wildman–Crippen MR) is 100 cm³/mol. The topological polar surface area (TPSA) is 99.4 Å². The van der Waals surface area contributed by atoms with E-state index in [4.69, 9.17) is 9.46 Å². The second-order valence-electron chi connectivity index (χ2n) is 5.98. The fraction of sp³-hybridized carbons (Fsp3) is 0.263. The Bertz CT molecular complexity index is 811. The quantitative estimate of drug-likeness (QED) is 0.536. The number of likely N-dealkylation sites (tertiary alicyclic amines) is 1. The van der Waals surface area contributed by atoms with Crippen LogP contribution in [0.4, 0.5) is 5.69 Å². The lowest BCUT2D eigenvalue weighted by Gasteiger charge is -2.24. The van der Waals surface area contributed by atoms with Crippen molar-refractivity contribution in [3.63, 3.8) is 0 Å². The lowest BCUT2D eigenvalue weighted by molar-refractivity contribution is -0.838. The summed E-state index contributed by atoms with van der Waals surface area (Å²) in [6, 6.07) is 15.0. The Morgan fingerprint density at radius 2 is 1.52 bits per heavy atom. The van der Waals surface area contributed by atoms with Crippen LogP contribution in [-0.2, 0) is 14.2 Å². The standard InChI is InChI=1S/C19H20N2O3.HO2P/c1-2-20(13-21-18(23)11-12-19(21)24)16-9-5-3-7-14(16)15-8-4-6-10-17(15)22;1-3-2/h3-10,22H,2,11-13H2,1H3;(H,1,2)/p+1. The van der Waals surface area contributed by atoms with E-state index in [1.165, 1.54) is 4.90 Å². The number of carbonyl (C=O) groups excluding carboxylic acids is 2. The average Bonchev–Trinajstić information content (AvgIpc) is 2.99. The number of benzene rings is 2. The molecule has 0 bridgehead atoms. The van der Waals surface area contributed by atoms with Crippen LogP contribution < -0.4 is 4.90 Å². The first-order chi connectivity index (χ1) is 13.0. The van der Waals surface area contributed by atoms with E-state index in [1.54, 1.807) is 12.1 Å². The predicted octanol–water partition coefficient (Wildman–Crippen LogP) is 1.89. The summed E-state index contributed by atoms with van der Waals surface area (Å²) in [5, 5.41) is 10.2. The molecule has 2 aromatic rings. The summed E-state index contributed by atoms with van der Waals surface area (Å²) < 4.78 is 8.46. The summed E-state index contributed by atoms with van der Waals surface area (Å²) in [6.45, 7) is 3.06. The first-order valence-electron chi connectivity index (χ1n) is 8.55. The number of phenols is 1. The minimum absolute atomic E-state index is 0.106. The molecule has 1 fully saturated rings. The molecule has 8 heteroatoms. The van der Waals surface area contributed by atoms with Crippen molar-refractivity contribution in [3.05, 3.63) is 48.5 Å². The van der Waals surface area contributed by atoms with Crippen LogP contribution in [0.3, 0.4) is 0 Å². The molecule has 0 radical (unpaired) electrons. The Kier molecular flexibility index (Phi) is 7.61. The van der Waals surface area contributed by atoms with E-state index in [-0.39, 0.29) is 17.6 Å². The largest absolute Gasteiger partial charge is 0.507 e. The molecule has 0 aromatic heterocycles. The summed E-state index contributed by atoms with van der Waals surface area (Å²) in [5.41, 5.74) is 2.62. The van der Waals surface area contributed by atoms with E-state index < -0.39 is 8.69 Å². The average molecular weight is 389 g/mol. The highest BCUT2D eigenvalue weighted by atomic mass is 31.1. The summed E-state index contributed by atoms with van der Waals surface area (Å²) in [5.74, 6) is 0.00528. The molecule has 7 nitrogen and oxygen atoms in total. The number of aromatic hydroxyl groups is 1. The van der Waals surface area contributed by atoms with Crippen LogP contribution >= 0.6 is 8.69 Å². The molecule has 3 rings (SSSR count). The maximum absolute atomic E-state index is 11.9. The van der Waals surface area contributed by atoms with Gasteiger partial charge in [0.25, 0.3) is 0 Å². The molecule has 1 saturated heterocycles. The zero-order valence-corrected chi connectivity index (χ0v) is 15.9. The number of carbonyl (C=O) groups is 2. The number of quaternary nitrogens is 1. The highest BCUT2D eigenvalue weighted by molar-refractivity contribution is 7.16. The van der Waals surface area contributed by atoms with Gasteiger partial charge in [-0.15, -0.1) is 0 Å². The first kappa shape index (κ1) is 20.7. The molecule has 2 aromatic carbocycles. The van der Waals surface area contributed by atoms with Crippen molar-refractivity contribution >= 4 is 26.2 Å². The van der Waals surface area contributed by atoms with E-state index in [0.717, 1.165) is 28.3 Å². The Labute approximate surface area is 159 Å². The van der Waals surface area contributed by atoms with Crippen molar-refractivity contribution in [2.45, 2.75) is 19.8 Å². The maximum atomic E-state index is 11.9. The van der Waals surface area contributed by atoms with Crippen molar-refractivity contribution in [3.8, 4) is 16.9 Å². The van der Waals surface area contributed by atoms with Gasteiger partial charge in [-0.3, -0.25) is 14.5 Å². The van der Waals surface area contributed by atoms with E-state index in [0.29, 0.717) is 19.5 Å². The molecule has 1 atom stereocenters. The van der Waals surface area contributed by atoms with Crippen LogP contribution in [0.1, 0.15) is 19.8 Å². The van der Waals surface area contributed by atoms with Gasteiger partial charge in [0, 0.05) is 24.0 Å². The van der Waals surface area contributed by atoms with Gasteiger partial charge in [-0.25, -0.2) is 9.46 Å². The molecule has 142 valence electrons. The van der Waals surface area contributed by atoms with Crippen molar-refractivity contribution in [2.24, 2.45) is 0 Å². The number of para-hydroxylation sites is 2. The van der Waals surface area contributed by atoms with Gasteiger partial charge in [-0.1, -0.05) is 30.3 Å². The summed E-state index contributed by atoms with van der Waals surface area (Å²) in [4.78, 5) is 33.2. The van der Waals surface area contributed by atoms with Crippen LogP contribution in [0.25, 0.3) is 11.1 Å². The molecular formula is C19H22N2O5P+. The fourth-order valence-corrected chi connectivity index (χ4v) is 3.11. The number of nitrogens with zero attached hydrogens (tertiary/aromatic N) is 1.